The van der Waals surface area contributed by atoms with Crippen molar-refractivity contribution < 1.29 is 72.3 Å². The van der Waals surface area contributed by atoms with Gasteiger partial charge in [0.2, 0.25) is 0 Å². The zero-order chi connectivity index (χ0) is 38.7. The molecule has 0 spiro atoms. The van der Waals surface area contributed by atoms with Gasteiger partial charge in [-0.2, -0.15) is 0 Å². The van der Waals surface area contributed by atoms with Gasteiger partial charge < -0.3 is 1.43 Å². The summed E-state index contributed by atoms with van der Waals surface area (Å²) >= 11 is 0. The molecular weight excluding hydrogens is 882 g/mol. The van der Waals surface area contributed by atoms with Crippen molar-refractivity contribution in [1.29, 1.82) is 0 Å². The Bertz CT molecular complexity index is 1870. The first-order valence-corrected chi connectivity index (χ1v) is 23.2. The molecule has 0 aliphatic rings. The van der Waals surface area contributed by atoms with Crippen molar-refractivity contribution >= 4 is 71.5 Å². The third-order valence-electron chi connectivity index (χ3n) is 9.13. The van der Waals surface area contributed by atoms with Crippen molar-refractivity contribution in [2.24, 2.45) is 0 Å². The monoisotopic (exact) mass is 928 g/mol. The molecule has 0 aliphatic heterocycles. The molecule has 0 heterocycles. The quantitative estimate of drug-likeness (QED) is 0.104. The van der Waals surface area contributed by atoms with Gasteiger partial charge in [0.25, 0.3) is 0 Å². The number of rotatable bonds is 9. The van der Waals surface area contributed by atoms with Crippen molar-refractivity contribution in [3.05, 3.63) is 273 Å². The zero-order valence-electron chi connectivity index (χ0n) is 34.2. The molecule has 0 bridgehead atoms. The first-order chi connectivity index (χ1) is 28.3. The van der Waals surface area contributed by atoms with Crippen LogP contribution in [0.25, 0.3) is 0 Å². The Morgan fingerprint density at radius 2 is 0.254 bits per heavy atom. The van der Waals surface area contributed by atoms with E-state index in [9.17, 15) is 0 Å². The number of hydrogen-bond donors (Lipinski definition) is 0. The van der Waals surface area contributed by atoms with Crippen LogP contribution in [-0.4, -0.2) is 0 Å². The molecule has 59 heavy (non-hydrogen) atoms. The van der Waals surface area contributed by atoms with Crippen LogP contribution in [0.4, 0.5) is 0 Å². The van der Waals surface area contributed by atoms with Crippen molar-refractivity contribution in [2.45, 2.75) is 0 Å². The largest absolute Gasteiger partial charge is 1.00 e. The average molecular weight is 928 g/mol. The topological polar surface area (TPSA) is 0 Å². The van der Waals surface area contributed by atoms with Crippen molar-refractivity contribution in [1.82, 2.24) is 0 Å². The molecular formula is C54H46KP3Ru. The van der Waals surface area contributed by atoms with E-state index in [-0.39, 0.29) is 72.3 Å². The number of benzene rings is 9. The van der Waals surface area contributed by atoms with Gasteiger partial charge in [-0.3, -0.25) is 0 Å². The second-order valence-electron chi connectivity index (χ2n) is 13.0. The van der Waals surface area contributed by atoms with Crippen LogP contribution in [0, 0.1) is 0 Å². The molecule has 0 unspecified atom stereocenters. The molecule has 9 aromatic carbocycles. The maximum Gasteiger partial charge on any atom is 1.00 e. The first kappa shape index (κ1) is 46.6. The number of hydrogen-bond acceptors (Lipinski definition) is 0. The van der Waals surface area contributed by atoms with Crippen LogP contribution >= 0.6 is 23.8 Å². The standard InChI is InChI=1S/3C18H15P.K.Ru.H/c3*1-4-10-16(11-5-1)19(17-12-6-2-7-13-17)18-14-8-3-9-15-18;;;/h3*1-15H;;;/q;;;+1;;-1. The van der Waals surface area contributed by atoms with Crippen molar-refractivity contribution in [3.63, 3.8) is 0 Å². The third kappa shape index (κ3) is 13.8. The van der Waals surface area contributed by atoms with Gasteiger partial charge in [-0.1, -0.05) is 273 Å². The summed E-state index contributed by atoms with van der Waals surface area (Å²) < 4.78 is 0. The maximum absolute atomic E-state index is 2.23. The fourth-order valence-electron chi connectivity index (χ4n) is 6.54. The molecule has 286 valence electrons. The van der Waals surface area contributed by atoms with Gasteiger partial charge in [-0.05, 0) is 71.5 Å². The van der Waals surface area contributed by atoms with E-state index in [4.69, 9.17) is 0 Å². The summed E-state index contributed by atoms with van der Waals surface area (Å²) in [6, 6.07) is 97.0. The van der Waals surface area contributed by atoms with Crippen LogP contribution in [0.1, 0.15) is 1.43 Å². The summed E-state index contributed by atoms with van der Waals surface area (Å²) in [6.45, 7) is 0. The van der Waals surface area contributed by atoms with E-state index >= 15 is 0 Å². The van der Waals surface area contributed by atoms with Crippen molar-refractivity contribution in [2.75, 3.05) is 0 Å². The Labute approximate surface area is 412 Å². The van der Waals surface area contributed by atoms with Gasteiger partial charge >= 0.3 is 51.4 Å². The smallest absolute Gasteiger partial charge is 1.00 e. The van der Waals surface area contributed by atoms with Crippen LogP contribution in [0.3, 0.4) is 0 Å². The minimum absolute atomic E-state index is 0. The summed E-state index contributed by atoms with van der Waals surface area (Å²) in [4.78, 5) is 0. The van der Waals surface area contributed by atoms with Crippen LogP contribution in [-0.2, 0) is 19.5 Å². The van der Waals surface area contributed by atoms with Gasteiger partial charge in [-0.15, -0.1) is 0 Å². The van der Waals surface area contributed by atoms with Crippen LogP contribution in [0.5, 0.6) is 0 Å². The second-order valence-corrected chi connectivity index (χ2v) is 19.7. The minimum Gasteiger partial charge on any atom is -1.00 e. The van der Waals surface area contributed by atoms with Crippen LogP contribution in [0.2, 0.25) is 0 Å². The molecule has 0 saturated heterocycles. The molecule has 9 rings (SSSR count). The minimum atomic E-state index is -0.446. The van der Waals surface area contributed by atoms with E-state index in [0.717, 1.165) is 0 Å². The van der Waals surface area contributed by atoms with E-state index < -0.39 is 23.8 Å². The average Bonchev–Trinajstić information content (AvgIpc) is 3.30. The first-order valence-electron chi connectivity index (χ1n) is 19.2. The fraction of sp³-hybridized carbons (Fsp3) is 0. The molecule has 0 aromatic heterocycles. The summed E-state index contributed by atoms with van der Waals surface area (Å²) in [5, 5.41) is 12.6. The molecule has 0 atom stereocenters. The van der Waals surface area contributed by atoms with E-state index in [0.29, 0.717) is 0 Å². The van der Waals surface area contributed by atoms with Gasteiger partial charge in [0, 0.05) is 19.5 Å². The molecule has 5 heteroatoms. The zero-order valence-corrected chi connectivity index (χ0v) is 40.7. The van der Waals surface area contributed by atoms with E-state index in [1.807, 2.05) is 0 Å². The van der Waals surface area contributed by atoms with E-state index in [2.05, 4.69) is 273 Å². The van der Waals surface area contributed by atoms with Gasteiger partial charge in [0.1, 0.15) is 0 Å². The second kappa shape index (κ2) is 26.0. The maximum atomic E-state index is 2.23. The predicted molar refractivity (Wildman–Crippen MR) is 257 cm³/mol. The molecule has 0 nitrogen and oxygen atoms in total. The van der Waals surface area contributed by atoms with Crippen molar-refractivity contribution in [3.8, 4) is 0 Å². The van der Waals surface area contributed by atoms with Gasteiger partial charge in [0.15, 0.2) is 0 Å². The summed E-state index contributed by atoms with van der Waals surface area (Å²) in [5.74, 6) is 0. The van der Waals surface area contributed by atoms with E-state index in [1.165, 1.54) is 47.7 Å². The molecule has 0 N–H and O–H groups in total. The Kier molecular flexibility index (Phi) is 20.5. The molecule has 0 fully saturated rings. The third-order valence-corrected chi connectivity index (χ3v) is 16.5. The summed E-state index contributed by atoms with van der Waals surface area (Å²) in [6.07, 6.45) is 0. The Morgan fingerprint density at radius 1 is 0.169 bits per heavy atom. The molecule has 0 amide bonds. The fourth-order valence-corrected chi connectivity index (χ4v) is 13.5. The molecule has 0 saturated carbocycles. The molecule has 0 aliphatic carbocycles. The van der Waals surface area contributed by atoms with E-state index in [1.54, 1.807) is 0 Å². The Morgan fingerprint density at radius 3 is 0.339 bits per heavy atom. The normalized spacial score (nSPS) is 10.2. The molecule has 9 aromatic rings. The van der Waals surface area contributed by atoms with Crippen LogP contribution < -0.4 is 99.1 Å². The summed E-state index contributed by atoms with van der Waals surface area (Å²) in [7, 11) is -1.34. The Balaban J connectivity index is 0.000000194. The predicted octanol–water partition coefficient (Wildman–Crippen LogP) is 7.45. The summed E-state index contributed by atoms with van der Waals surface area (Å²) in [5.41, 5.74) is 0. The Hall–Kier alpha value is -3.47. The van der Waals surface area contributed by atoms with Crippen LogP contribution in [0.15, 0.2) is 273 Å². The van der Waals surface area contributed by atoms with Gasteiger partial charge in [-0.25, -0.2) is 0 Å². The molecule has 0 radical (unpaired) electrons. The SMILES string of the molecule is [H-].[K+].[Ru].c1ccc(P(c2ccccc2)c2ccccc2)cc1.c1ccc(P(c2ccccc2)c2ccccc2)cc1.c1ccc(P(c2ccccc2)c2ccccc2)cc1. The van der Waals surface area contributed by atoms with Gasteiger partial charge in [0.05, 0.1) is 0 Å².